The standard InChI is InChI=1S/C19H23N3O3/c23-17-10-15-7-8-16(11-20-17)22(15)18(24)9-12-1-5-14(6-2-12)21-19(25)13-3-4-13/h1-2,5-6,13,15-16H,3-4,7-11H2,(H,20,23)(H,21,25)/t15-,16+/m1/s1. The van der Waals surface area contributed by atoms with Crippen LogP contribution in [0, 0.1) is 5.92 Å². The molecule has 6 heteroatoms. The van der Waals surface area contributed by atoms with Gasteiger partial charge in [-0.25, -0.2) is 0 Å². The van der Waals surface area contributed by atoms with E-state index >= 15 is 0 Å². The topological polar surface area (TPSA) is 78.5 Å². The molecule has 3 amide bonds. The summed E-state index contributed by atoms with van der Waals surface area (Å²) in [4.78, 5) is 38.2. The molecule has 2 bridgehead atoms. The van der Waals surface area contributed by atoms with Crippen LogP contribution in [0.3, 0.4) is 0 Å². The Morgan fingerprint density at radius 3 is 2.52 bits per heavy atom. The van der Waals surface area contributed by atoms with Crippen LogP contribution in [-0.2, 0) is 20.8 Å². The highest BCUT2D eigenvalue weighted by Gasteiger charge is 2.39. The van der Waals surface area contributed by atoms with Crippen LogP contribution in [0.2, 0.25) is 0 Å². The largest absolute Gasteiger partial charge is 0.354 e. The molecule has 132 valence electrons. The average molecular weight is 341 g/mol. The maximum absolute atomic E-state index is 12.8. The van der Waals surface area contributed by atoms with Gasteiger partial charge in [-0.3, -0.25) is 14.4 Å². The molecule has 2 N–H and O–H groups in total. The van der Waals surface area contributed by atoms with Crippen LogP contribution in [0.4, 0.5) is 5.69 Å². The third-order valence-electron chi connectivity index (χ3n) is 5.39. The average Bonchev–Trinajstić information content (AvgIpc) is 3.37. The maximum Gasteiger partial charge on any atom is 0.227 e. The number of carbonyl (C=O) groups is 3. The first-order valence-electron chi connectivity index (χ1n) is 9.08. The van der Waals surface area contributed by atoms with Crippen LogP contribution in [-0.4, -0.2) is 41.2 Å². The van der Waals surface area contributed by atoms with Crippen molar-refractivity contribution >= 4 is 23.4 Å². The first-order chi connectivity index (χ1) is 12.1. The number of nitrogens with zero attached hydrogens (tertiary/aromatic N) is 1. The molecule has 1 aromatic carbocycles. The van der Waals surface area contributed by atoms with Crippen LogP contribution in [0.25, 0.3) is 0 Å². The second kappa shape index (κ2) is 6.50. The van der Waals surface area contributed by atoms with Crippen molar-refractivity contribution in [1.82, 2.24) is 10.2 Å². The number of nitrogens with one attached hydrogen (secondary N) is 2. The van der Waals surface area contributed by atoms with Crippen LogP contribution in [0.5, 0.6) is 0 Å². The van der Waals surface area contributed by atoms with E-state index in [9.17, 15) is 14.4 Å². The summed E-state index contributed by atoms with van der Waals surface area (Å²) >= 11 is 0. The van der Waals surface area contributed by atoms with E-state index in [4.69, 9.17) is 0 Å². The Morgan fingerprint density at radius 1 is 1.08 bits per heavy atom. The Bertz CT molecular complexity index is 696. The lowest BCUT2D eigenvalue weighted by molar-refractivity contribution is -0.133. The Hall–Kier alpha value is -2.37. The number of amides is 3. The first-order valence-corrected chi connectivity index (χ1v) is 9.08. The van der Waals surface area contributed by atoms with Gasteiger partial charge in [-0.15, -0.1) is 0 Å². The van der Waals surface area contributed by atoms with Gasteiger partial charge >= 0.3 is 0 Å². The highest BCUT2D eigenvalue weighted by molar-refractivity contribution is 5.94. The van der Waals surface area contributed by atoms with Crippen molar-refractivity contribution in [3.63, 3.8) is 0 Å². The van der Waals surface area contributed by atoms with Crippen molar-refractivity contribution in [3.8, 4) is 0 Å². The predicted molar refractivity (Wildman–Crippen MR) is 92.8 cm³/mol. The summed E-state index contributed by atoms with van der Waals surface area (Å²) < 4.78 is 0. The number of benzene rings is 1. The zero-order chi connectivity index (χ0) is 17.4. The monoisotopic (exact) mass is 341 g/mol. The van der Waals surface area contributed by atoms with E-state index in [1.807, 2.05) is 29.2 Å². The van der Waals surface area contributed by atoms with Gasteiger partial charge in [0.25, 0.3) is 0 Å². The number of hydrogen-bond acceptors (Lipinski definition) is 3. The second-order valence-corrected chi connectivity index (χ2v) is 7.33. The van der Waals surface area contributed by atoms with Crippen molar-refractivity contribution in [3.05, 3.63) is 29.8 Å². The zero-order valence-electron chi connectivity index (χ0n) is 14.2. The van der Waals surface area contributed by atoms with Gasteiger partial charge < -0.3 is 15.5 Å². The Labute approximate surface area is 147 Å². The zero-order valence-corrected chi connectivity index (χ0v) is 14.2. The Kier molecular flexibility index (Phi) is 4.19. The van der Waals surface area contributed by atoms with E-state index in [0.29, 0.717) is 19.4 Å². The van der Waals surface area contributed by atoms with Gasteiger partial charge in [0, 0.05) is 36.7 Å². The van der Waals surface area contributed by atoms with Gasteiger partial charge in [-0.1, -0.05) is 12.1 Å². The third-order valence-corrected chi connectivity index (χ3v) is 5.39. The van der Waals surface area contributed by atoms with E-state index in [0.717, 1.165) is 36.9 Å². The molecule has 25 heavy (non-hydrogen) atoms. The summed E-state index contributed by atoms with van der Waals surface area (Å²) in [6.45, 7) is 0.563. The molecule has 0 spiro atoms. The molecule has 1 saturated carbocycles. The Balaban J connectivity index is 1.38. The van der Waals surface area contributed by atoms with Gasteiger partial charge in [-0.05, 0) is 43.4 Å². The van der Waals surface area contributed by atoms with Crippen molar-refractivity contribution in [2.75, 3.05) is 11.9 Å². The van der Waals surface area contributed by atoms with Crippen molar-refractivity contribution in [1.29, 1.82) is 0 Å². The quantitative estimate of drug-likeness (QED) is 0.870. The maximum atomic E-state index is 12.8. The number of fused-ring (bicyclic) bond motifs is 2. The summed E-state index contributed by atoms with van der Waals surface area (Å²) in [7, 11) is 0. The normalized spacial score (nSPS) is 25.3. The number of anilines is 1. The summed E-state index contributed by atoms with van der Waals surface area (Å²) in [5.74, 6) is 0.387. The van der Waals surface area contributed by atoms with Gasteiger partial charge in [0.15, 0.2) is 0 Å². The number of rotatable bonds is 4. The van der Waals surface area contributed by atoms with E-state index in [1.165, 1.54) is 0 Å². The van der Waals surface area contributed by atoms with Crippen LogP contribution < -0.4 is 10.6 Å². The third kappa shape index (κ3) is 3.52. The number of carbonyl (C=O) groups excluding carboxylic acids is 3. The molecule has 0 radical (unpaired) electrons. The summed E-state index contributed by atoms with van der Waals surface area (Å²) in [5, 5.41) is 5.80. The lowest BCUT2D eigenvalue weighted by Gasteiger charge is -2.27. The molecule has 0 aromatic heterocycles. The van der Waals surface area contributed by atoms with Crippen molar-refractivity contribution in [2.45, 2.75) is 50.6 Å². The fraction of sp³-hybridized carbons (Fsp3) is 0.526. The molecule has 6 nitrogen and oxygen atoms in total. The fourth-order valence-electron chi connectivity index (χ4n) is 3.85. The van der Waals surface area contributed by atoms with E-state index < -0.39 is 0 Å². The Morgan fingerprint density at radius 2 is 1.80 bits per heavy atom. The molecule has 0 unspecified atom stereocenters. The summed E-state index contributed by atoms with van der Waals surface area (Å²) in [5.41, 5.74) is 1.70. The van der Waals surface area contributed by atoms with Crippen LogP contribution in [0.15, 0.2) is 24.3 Å². The highest BCUT2D eigenvalue weighted by atomic mass is 16.2. The molecule has 2 aliphatic heterocycles. The lowest BCUT2D eigenvalue weighted by atomic mass is 10.1. The minimum atomic E-state index is 0.0390. The molecule has 2 saturated heterocycles. The van der Waals surface area contributed by atoms with Gasteiger partial charge in [0.2, 0.25) is 17.7 Å². The molecule has 3 aliphatic rings. The van der Waals surface area contributed by atoms with Gasteiger partial charge in [0.1, 0.15) is 0 Å². The minimum absolute atomic E-state index is 0.0390. The predicted octanol–water partition coefficient (Wildman–Crippen LogP) is 1.46. The molecule has 1 aromatic rings. The molecule has 2 heterocycles. The van der Waals surface area contributed by atoms with Gasteiger partial charge in [0.05, 0.1) is 6.42 Å². The van der Waals surface area contributed by atoms with Crippen molar-refractivity contribution < 1.29 is 14.4 Å². The van der Waals surface area contributed by atoms with E-state index in [-0.39, 0.29) is 35.7 Å². The number of hydrogen-bond donors (Lipinski definition) is 2. The highest BCUT2D eigenvalue weighted by Crippen LogP contribution is 2.31. The van der Waals surface area contributed by atoms with E-state index in [1.54, 1.807) is 0 Å². The second-order valence-electron chi connectivity index (χ2n) is 7.33. The van der Waals surface area contributed by atoms with Gasteiger partial charge in [-0.2, -0.15) is 0 Å². The SMILES string of the molecule is O=C1C[C@H]2CC[C@@H](CN1)N2C(=O)Cc1ccc(NC(=O)C2CC2)cc1. The molecular formula is C19H23N3O3. The fourth-order valence-corrected chi connectivity index (χ4v) is 3.85. The van der Waals surface area contributed by atoms with Crippen molar-refractivity contribution in [2.24, 2.45) is 5.92 Å². The molecule has 1 aliphatic carbocycles. The molecular weight excluding hydrogens is 318 g/mol. The summed E-state index contributed by atoms with van der Waals surface area (Å²) in [6, 6.07) is 7.65. The summed E-state index contributed by atoms with van der Waals surface area (Å²) in [6.07, 6.45) is 4.58. The first kappa shape index (κ1) is 16.1. The lowest BCUT2D eigenvalue weighted by Crippen LogP contribution is -2.43. The molecule has 2 atom stereocenters. The van der Waals surface area contributed by atoms with E-state index in [2.05, 4.69) is 10.6 Å². The molecule has 3 fully saturated rings. The van der Waals surface area contributed by atoms with Crippen LogP contribution in [0.1, 0.15) is 37.7 Å². The minimum Gasteiger partial charge on any atom is -0.354 e. The van der Waals surface area contributed by atoms with Crippen LogP contribution >= 0.6 is 0 Å². The molecule has 4 rings (SSSR count). The smallest absolute Gasteiger partial charge is 0.227 e.